The molecule has 3 heterocycles. The van der Waals surface area contributed by atoms with Crippen LogP contribution in [0.4, 0.5) is 5.82 Å². The third-order valence-corrected chi connectivity index (χ3v) is 7.82. The summed E-state index contributed by atoms with van der Waals surface area (Å²) in [5.74, 6) is 0.704. The highest BCUT2D eigenvalue weighted by Gasteiger charge is 2.17. The molecule has 14 nitrogen and oxygen atoms in total. The number of amides is 1. The maximum atomic E-state index is 12.0. The predicted molar refractivity (Wildman–Crippen MR) is 177 cm³/mol. The van der Waals surface area contributed by atoms with E-state index in [1.807, 2.05) is 0 Å². The molecule has 1 amide bonds. The van der Waals surface area contributed by atoms with Gasteiger partial charge in [-0.2, -0.15) is 0 Å². The maximum absolute atomic E-state index is 12.0. The largest absolute Gasteiger partial charge is 0.481 e. The van der Waals surface area contributed by atoms with Gasteiger partial charge in [-0.05, 0) is 67.2 Å². The number of nitrogens with one attached hydrogen (secondary N) is 2. The third-order valence-electron chi connectivity index (χ3n) is 7.82. The fourth-order valence-corrected chi connectivity index (χ4v) is 5.28. The lowest BCUT2D eigenvalue weighted by molar-refractivity contribution is -0.137. The Kier molecular flexibility index (Phi) is 18.8. The molecule has 3 rings (SSSR count). The van der Waals surface area contributed by atoms with Crippen LogP contribution < -0.4 is 10.6 Å². The molecule has 1 aliphatic rings. The molecule has 14 heteroatoms. The van der Waals surface area contributed by atoms with E-state index < -0.39 is 5.97 Å². The number of nitrogens with zero attached hydrogens (tertiary/aromatic N) is 6. The number of unbranched alkanes of at least 4 members (excludes halogenated alkanes) is 3. The molecule has 1 atom stereocenters. The van der Waals surface area contributed by atoms with Crippen LogP contribution >= 0.6 is 0 Å². The first-order chi connectivity index (χ1) is 23.0. The first-order valence-corrected chi connectivity index (χ1v) is 16.8. The van der Waals surface area contributed by atoms with Gasteiger partial charge in [0.25, 0.3) is 0 Å². The molecule has 0 radical (unpaired) electrons. The number of carbonyl (C=O) groups excluding carboxylic acids is 1. The van der Waals surface area contributed by atoms with Crippen LogP contribution in [0.5, 0.6) is 0 Å². The molecule has 0 spiro atoms. The van der Waals surface area contributed by atoms with Gasteiger partial charge in [-0.15, -0.1) is 0 Å². The molecule has 3 N–H and O–H groups in total. The van der Waals surface area contributed by atoms with Crippen LogP contribution in [0.3, 0.4) is 0 Å². The highest BCUT2D eigenvalue weighted by atomic mass is 16.5. The van der Waals surface area contributed by atoms with Crippen LogP contribution in [-0.4, -0.2) is 91.2 Å². The minimum Gasteiger partial charge on any atom is -0.481 e. The van der Waals surface area contributed by atoms with Gasteiger partial charge in [0.1, 0.15) is 11.6 Å². The molecule has 0 aliphatic carbocycles. The summed E-state index contributed by atoms with van der Waals surface area (Å²) in [5.41, 5.74) is 11.5. The summed E-state index contributed by atoms with van der Waals surface area (Å²) in [5, 5.41) is 19.1. The molecule has 0 fully saturated rings. The number of hydrogen-bond acceptors (Lipinski definition) is 10. The Bertz CT molecular complexity index is 1240. The zero-order chi connectivity index (χ0) is 33.4. The van der Waals surface area contributed by atoms with Crippen molar-refractivity contribution in [1.29, 1.82) is 0 Å². The van der Waals surface area contributed by atoms with Gasteiger partial charge in [0.15, 0.2) is 0 Å². The van der Waals surface area contributed by atoms with Crippen LogP contribution in [-0.2, 0) is 43.1 Å². The molecule has 2 aromatic rings. The van der Waals surface area contributed by atoms with Crippen LogP contribution in [0.1, 0.15) is 86.4 Å². The molecule has 0 bridgehead atoms. The summed E-state index contributed by atoms with van der Waals surface area (Å²) in [7, 11) is 0. The predicted octanol–water partition coefficient (Wildman–Crippen LogP) is 4.78. The van der Waals surface area contributed by atoms with E-state index in [9.17, 15) is 14.7 Å². The van der Waals surface area contributed by atoms with E-state index in [4.69, 9.17) is 24.7 Å². The van der Waals surface area contributed by atoms with Crippen molar-refractivity contribution in [2.45, 2.75) is 83.0 Å². The molecular formula is C33H50N8O6. The number of carbonyl (C=O) groups is 2. The standard InChI is InChI=1S/C33H50N8O6/c34-41-39-16-18-46-20-22-47-21-19-45-17-13-31(42)35-14-6-10-30-37-24-28(25-38-30)27(23-32(43)44)7-3-1-2-4-9-29-12-11-26-8-5-15-36-33(26)40-29/h11-12,24-25,27H,1-10,13-23H2,(H,35,42)(H,36,40)(H,43,44). The molecular weight excluding hydrogens is 604 g/mol. The molecule has 0 saturated heterocycles. The van der Waals surface area contributed by atoms with Gasteiger partial charge < -0.3 is 30.0 Å². The minimum absolute atomic E-state index is 0.0632. The van der Waals surface area contributed by atoms with Crippen molar-refractivity contribution in [2.75, 3.05) is 64.6 Å². The van der Waals surface area contributed by atoms with Gasteiger partial charge in [-0.25, -0.2) is 15.0 Å². The Morgan fingerprint density at radius 1 is 0.979 bits per heavy atom. The number of pyridine rings is 1. The smallest absolute Gasteiger partial charge is 0.303 e. The zero-order valence-corrected chi connectivity index (χ0v) is 27.4. The van der Waals surface area contributed by atoms with Crippen LogP contribution in [0.2, 0.25) is 0 Å². The number of aryl methyl sites for hydroxylation is 3. The molecule has 47 heavy (non-hydrogen) atoms. The third kappa shape index (κ3) is 16.5. The Morgan fingerprint density at radius 2 is 1.72 bits per heavy atom. The molecule has 0 aromatic carbocycles. The van der Waals surface area contributed by atoms with E-state index >= 15 is 0 Å². The summed E-state index contributed by atoms with van der Waals surface area (Å²) in [4.78, 5) is 40.0. The second kappa shape index (κ2) is 23.5. The van der Waals surface area contributed by atoms with Gasteiger partial charge in [0, 0.05) is 55.5 Å². The topological polar surface area (TPSA) is 194 Å². The second-order valence-electron chi connectivity index (χ2n) is 11.5. The number of carboxylic acid groups (broad SMARTS) is 1. The van der Waals surface area contributed by atoms with Crippen molar-refractivity contribution >= 4 is 17.7 Å². The van der Waals surface area contributed by atoms with Crippen molar-refractivity contribution in [3.63, 3.8) is 0 Å². The minimum atomic E-state index is -0.817. The van der Waals surface area contributed by atoms with E-state index in [2.05, 4.69) is 42.8 Å². The number of rotatable bonds is 26. The van der Waals surface area contributed by atoms with Gasteiger partial charge in [0.05, 0.1) is 46.1 Å². The second-order valence-corrected chi connectivity index (χ2v) is 11.5. The molecule has 258 valence electrons. The van der Waals surface area contributed by atoms with Crippen molar-refractivity contribution in [1.82, 2.24) is 20.3 Å². The number of aliphatic carboxylic acids is 1. The van der Waals surface area contributed by atoms with Gasteiger partial charge >= 0.3 is 5.97 Å². The molecule has 2 aromatic heterocycles. The summed E-state index contributed by atoms with van der Waals surface area (Å²) in [6, 6.07) is 4.34. The van der Waals surface area contributed by atoms with Gasteiger partial charge in [0.2, 0.25) is 5.91 Å². The quantitative estimate of drug-likeness (QED) is 0.0550. The Hall–Kier alpha value is -3.84. The van der Waals surface area contributed by atoms with Gasteiger partial charge in [-0.1, -0.05) is 30.4 Å². The fraction of sp³-hybridized carbons (Fsp3) is 0.667. The lowest BCUT2D eigenvalue weighted by Crippen LogP contribution is -2.26. The Balaban J connectivity index is 1.22. The van der Waals surface area contributed by atoms with Crippen molar-refractivity contribution < 1.29 is 28.9 Å². The number of azide groups is 1. The number of anilines is 1. The Morgan fingerprint density at radius 3 is 2.49 bits per heavy atom. The Labute approximate surface area is 277 Å². The van der Waals surface area contributed by atoms with E-state index in [0.29, 0.717) is 71.4 Å². The number of hydrogen-bond donors (Lipinski definition) is 3. The van der Waals surface area contributed by atoms with Crippen molar-refractivity contribution in [3.8, 4) is 0 Å². The number of ether oxygens (including phenoxy) is 3. The summed E-state index contributed by atoms with van der Waals surface area (Å²) < 4.78 is 16.0. The maximum Gasteiger partial charge on any atom is 0.303 e. The highest BCUT2D eigenvalue weighted by molar-refractivity contribution is 5.75. The summed E-state index contributed by atoms with van der Waals surface area (Å²) in [6.45, 7) is 4.10. The number of carboxylic acids is 1. The first kappa shape index (κ1) is 37.6. The first-order valence-electron chi connectivity index (χ1n) is 16.8. The zero-order valence-electron chi connectivity index (χ0n) is 27.4. The molecule has 1 unspecified atom stereocenters. The SMILES string of the molecule is [N-]=[N+]=NCCOCCOCCOCCC(=O)NCCCc1ncc(C(CCCCCCc2ccc3c(n2)NCCC3)CC(=O)O)cn1. The van der Waals surface area contributed by atoms with Crippen molar-refractivity contribution in [3.05, 3.63) is 57.6 Å². The fourth-order valence-electron chi connectivity index (χ4n) is 5.28. The van der Waals surface area contributed by atoms with Gasteiger partial charge in [-0.3, -0.25) is 9.59 Å². The van der Waals surface area contributed by atoms with E-state index in [0.717, 1.165) is 75.0 Å². The lowest BCUT2D eigenvalue weighted by atomic mass is 9.92. The average molecular weight is 655 g/mol. The lowest BCUT2D eigenvalue weighted by Gasteiger charge is -2.17. The van der Waals surface area contributed by atoms with E-state index in [1.165, 1.54) is 5.56 Å². The summed E-state index contributed by atoms with van der Waals surface area (Å²) in [6.07, 6.45) is 13.3. The van der Waals surface area contributed by atoms with E-state index in [-0.39, 0.29) is 24.7 Å². The monoisotopic (exact) mass is 654 g/mol. The number of fused-ring (bicyclic) bond motifs is 1. The summed E-state index contributed by atoms with van der Waals surface area (Å²) >= 11 is 0. The van der Waals surface area contributed by atoms with Crippen LogP contribution in [0.25, 0.3) is 10.4 Å². The number of aromatic nitrogens is 3. The van der Waals surface area contributed by atoms with Crippen LogP contribution in [0, 0.1) is 0 Å². The molecule has 0 saturated carbocycles. The average Bonchev–Trinajstić information content (AvgIpc) is 3.08. The van der Waals surface area contributed by atoms with Crippen LogP contribution in [0.15, 0.2) is 29.6 Å². The van der Waals surface area contributed by atoms with Crippen molar-refractivity contribution in [2.24, 2.45) is 5.11 Å². The highest BCUT2D eigenvalue weighted by Crippen LogP contribution is 2.26. The normalized spacial score (nSPS) is 12.9. The van der Waals surface area contributed by atoms with E-state index in [1.54, 1.807) is 12.4 Å². The molecule has 1 aliphatic heterocycles.